The molecule has 0 saturated heterocycles. The number of carbonyl (C=O) groups excluding carboxylic acids is 1. The van der Waals surface area contributed by atoms with E-state index >= 15 is 0 Å². The van der Waals surface area contributed by atoms with Crippen LogP contribution in [0.2, 0.25) is 0 Å². The van der Waals surface area contributed by atoms with Gasteiger partial charge in [-0.2, -0.15) is 0 Å². The Balaban J connectivity index is 2.72. The third-order valence-electron chi connectivity index (χ3n) is 2.99. The van der Waals surface area contributed by atoms with Gasteiger partial charge in [-0.15, -0.1) is 0 Å². The minimum absolute atomic E-state index is 0.0319. The molecule has 1 rings (SSSR count). The van der Waals surface area contributed by atoms with Gasteiger partial charge in [0.2, 0.25) is 0 Å². The smallest absolute Gasteiger partial charge is 0.339 e. The summed E-state index contributed by atoms with van der Waals surface area (Å²) in [6, 6.07) is 5.76. The van der Waals surface area contributed by atoms with Crippen molar-refractivity contribution in [3.05, 3.63) is 35.4 Å². The molecule has 0 aromatic heterocycles. The fourth-order valence-corrected chi connectivity index (χ4v) is 2.02. The zero-order chi connectivity index (χ0) is 15.8. The molecule has 0 aliphatic rings. The monoisotopic (exact) mass is 294 g/mol. The van der Waals surface area contributed by atoms with E-state index < -0.39 is 17.9 Å². The van der Waals surface area contributed by atoms with Gasteiger partial charge in [0, 0.05) is 5.92 Å². The third-order valence-corrected chi connectivity index (χ3v) is 2.99. The summed E-state index contributed by atoms with van der Waals surface area (Å²) < 4.78 is 5.07. The number of hydrogen-bond acceptors (Lipinski definition) is 4. The van der Waals surface area contributed by atoms with Crippen molar-refractivity contribution in [3.8, 4) is 0 Å². The second-order valence-corrected chi connectivity index (χ2v) is 4.70. The van der Waals surface area contributed by atoms with Gasteiger partial charge in [-0.25, -0.2) is 9.59 Å². The van der Waals surface area contributed by atoms with E-state index in [4.69, 9.17) is 14.9 Å². The van der Waals surface area contributed by atoms with Gasteiger partial charge in [0.25, 0.3) is 0 Å². The summed E-state index contributed by atoms with van der Waals surface area (Å²) in [5, 5.41) is 17.8. The zero-order valence-electron chi connectivity index (χ0n) is 11.7. The van der Waals surface area contributed by atoms with Crippen LogP contribution in [0, 0.1) is 5.92 Å². The lowest BCUT2D eigenvalue weighted by Crippen LogP contribution is -2.19. The number of ether oxygens (including phenoxy) is 1. The molecular weight excluding hydrogens is 276 g/mol. The van der Waals surface area contributed by atoms with Crippen LogP contribution in [-0.2, 0) is 9.53 Å². The highest BCUT2D eigenvalue weighted by Crippen LogP contribution is 2.15. The van der Waals surface area contributed by atoms with E-state index in [2.05, 4.69) is 0 Å². The second-order valence-electron chi connectivity index (χ2n) is 4.70. The topological polar surface area (TPSA) is 101 Å². The Morgan fingerprint density at radius 2 is 1.76 bits per heavy atom. The first-order valence-electron chi connectivity index (χ1n) is 6.67. The standard InChI is InChI=1S/C15H18O6/c1-2-5-10(8-13(16)17)9-21-15(20)12-7-4-3-6-11(12)14(18)19/h3-4,6-7,10H,2,5,8-9H2,1H3,(H,16,17)(H,18,19). The van der Waals surface area contributed by atoms with Crippen LogP contribution in [0.1, 0.15) is 46.9 Å². The molecule has 1 unspecified atom stereocenters. The molecule has 1 aromatic rings. The van der Waals surface area contributed by atoms with Crippen molar-refractivity contribution >= 4 is 17.9 Å². The van der Waals surface area contributed by atoms with Gasteiger partial charge >= 0.3 is 17.9 Å². The van der Waals surface area contributed by atoms with Crippen molar-refractivity contribution < 1.29 is 29.3 Å². The predicted molar refractivity (Wildman–Crippen MR) is 74.3 cm³/mol. The van der Waals surface area contributed by atoms with Crippen molar-refractivity contribution in [2.24, 2.45) is 5.92 Å². The Kier molecular flexibility index (Phi) is 6.39. The highest BCUT2D eigenvalue weighted by Gasteiger charge is 2.19. The van der Waals surface area contributed by atoms with Gasteiger partial charge in [0.05, 0.1) is 24.2 Å². The Labute approximate surface area is 122 Å². The molecule has 0 heterocycles. The van der Waals surface area contributed by atoms with E-state index in [1.165, 1.54) is 18.2 Å². The molecule has 0 fully saturated rings. The summed E-state index contributed by atoms with van der Waals surface area (Å²) in [5.41, 5.74) is -0.164. The first-order valence-corrected chi connectivity index (χ1v) is 6.67. The number of esters is 1. The van der Waals surface area contributed by atoms with Crippen LogP contribution in [-0.4, -0.2) is 34.7 Å². The molecule has 6 nitrogen and oxygen atoms in total. The maximum atomic E-state index is 11.9. The SMILES string of the molecule is CCCC(COC(=O)c1ccccc1C(=O)O)CC(=O)O. The van der Waals surface area contributed by atoms with Gasteiger partial charge < -0.3 is 14.9 Å². The molecule has 1 atom stereocenters. The molecule has 21 heavy (non-hydrogen) atoms. The zero-order valence-corrected chi connectivity index (χ0v) is 11.7. The lowest BCUT2D eigenvalue weighted by molar-refractivity contribution is -0.138. The van der Waals surface area contributed by atoms with Crippen LogP contribution in [0.4, 0.5) is 0 Å². The number of benzene rings is 1. The quantitative estimate of drug-likeness (QED) is 0.714. The summed E-state index contributed by atoms with van der Waals surface area (Å²) in [6.45, 7) is 1.88. The highest BCUT2D eigenvalue weighted by molar-refractivity contribution is 6.02. The van der Waals surface area contributed by atoms with E-state index in [-0.39, 0.29) is 30.1 Å². The molecule has 1 aromatic carbocycles. The Morgan fingerprint density at radius 3 is 2.29 bits per heavy atom. The lowest BCUT2D eigenvalue weighted by Gasteiger charge is -2.14. The molecule has 0 amide bonds. The lowest BCUT2D eigenvalue weighted by atomic mass is 10.0. The maximum absolute atomic E-state index is 11.9. The Hall–Kier alpha value is -2.37. The van der Waals surface area contributed by atoms with Crippen molar-refractivity contribution in [2.45, 2.75) is 26.2 Å². The fraction of sp³-hybridized carbons (Fsp3) is 0.400. The second kappa shape index (κ2) is 8.04. The van der Waals surface area contributed by atoms with E-state index in [1.54, 1.807) is 6.07 Å². The van der Waals surface area contributed by atoms with Crippen LogP contribution >= 0.6 is 0 Å². The first-order chi connectivity index (χ1) is 9.95. The van der Waals surface area contributed by atoms with E-state index in [0.717, 1.165) is 6.42 Å². The van der Waals surface area contributed by atoms with Crippen molar-refractivity contribution in [2.75, 3.05) is 6.61 Å². The van der Waals surface area contributed by atoms with Gasteiger partial charge in [-0.3, -0.25) is 4.79 Å². The molecule has 0 aliphatic heterocycles. The Bertz CT molecular complexity index is 523. The minimum atomic E-state index is -1.21. The summed E-state index contributed by atoms with van der Waals surface area (Å²) >= 11 is 0. The van der Waals surface area contributed by atoms with Crippen LogP contribution in [0.25, 0.3) is 0 Å². The normalized spacial score (nSPS) is 11.7. The number of carboxylic acid groups (broad SMARTS) is 2. The summed E-state index contributed by atoms with van der Waals surface area (Å²) in [4.78, 5) is 33.7. The predicted octanol–water partition coefficient (Wildman–Crippen LogP) is 2.43. The van der Waals surface area contributed by atoms with Gasteiger partial charge in [-0.05, 0) is 18.6 Å². The summed E-state index contributed by atoms with van der Waals surface area (Å²) in [7, 11) is 0. The maximum Gasteiger partial charge on any atom is 0.339 e. The molecular formula is C15H18O6. The number of rotatable bonds is 8. The third kappa shape index (κ3) is 5.25. The molecule has 2 N–H and O–H groups in total. The first kappa shape index (κ1) is 16.7. The molecule has 114 valence electrons. The van der Waals surface area contributed by atoms with Crippen LogP contribution < -0.4 is 0 Å². The van der Waals surface area contributed by atoms with E-state index in [9.17, 15) is 14.4 Å². The number of carbonyl (C=O) groups is 3. The fourth-order valence-electron chi connectivity index (χ4n) is 2.02. The minimum Gasteiger partial charge on any atom is -0.481 e. The number of aromatic carboxylic acids is 1. The molecule has 0 aliphatic carbocycles. The van der Waals surface area contributed by atoms with Crippen LogP contribution in [0.15, 0.2) is 24.3 Å². The van der Waals surface area contributed by atoms with Gasteiger partial charge in [-0.1, -0.05) is 25.5 Å². The molecule has 0 spiro atoms. The van der Waals surface area contributed by atoms with Gasteiger partial charge in [0.15, 0.2) is 0 Å². The van der Waals surface area contributed by atoms with Gasteiger partial charge in [0.1, 0.15) is 0 Å². The number of aliphatic carboxylic acids is 1. The number of carboxylic acids is 2. The average molecular weight is 294 g/mol. The van der Waals surface area contributed by atoms with Crippen molar-refractivity contribution in [1.82, 2.24) is 0 Å². The van der Waals surface area contributed by atoms with E-state index in [0.29, 0.717) is 6.42 Å². The average Bonchev–Trinajstić information content (AvgIpc) is 2.44. The summed E-state index contributed by atoms with van der Waals surface area (Å²) in [6.07, 6.45) is 1.32. The highest BCUT2D eigenvalue weighted by atomic mass is 16.5. The molecule has 0 radical (unpaired) electrons. The summed E-state index contributed by atoms with van der Waals surface area (Å²) in [5.74, 6) is -3.18. The molecule has 0 saturated carbocycles. The van der Waals surface area contributed by atoms with E-state index in [1.807, 2.05) is 6.92 Å². The largest absolute Gasteiger partial charge is 0.481 e. The Morgan fingerprint density at radius 1 is 1.14 bits per heavy atom. The van der Waals surface area contributed by atoms with Crippen molar-refractivity contribution in [3.63, 3.8) is 0 Å². The van der Waals surface area contributed by atoms with Crippen LogP contribution in [0.5, 0.6) is 0 Å². The van der Waals surface area contributed by atoms with Crippen molar-refractivity contribution in [1.29, 1.82) is 0 Å². The molecule has 0 bridgehead atoms. The number of hydrogen-bond donors (Lipinski definition) is 2. The van der Waals surface area contributed by atoms with Crippen LogP contribution in [0.3, 0.4) is 0 Å². The molecule has 6 heteroatoms.